The molecule has 1 heterocycles. The van der Waals surface area contributed by atoms with Crippen molar-refractivity contribution in [2.45, 2.75) is 51.1 Å². The van der Waals surface area contributed by atoms with Crippen LogP contribution in [0.25, 0.3) is 11.3 Å². The van der Waals surface area contributed by atoms with Crippen LogP contribution in [0.5, 0.6) is 0 Å². The normalized spacial score (nSPS) is 16.2. The van der Waals surface area contributed by atoms with Gasteiger partial charge in [0.05, 0.1) is 16.7 Å². The molecule has 2 atom stereocenters. The molecular formula is C24H27N5O3. The Labute approximate surface area is 186 Å². The van der Waals surface area contributed by atoms with E-state index in [0.717, 1.165) is 41.6 Å². The van der Waals surface area contributed by atoms with Crippen LogP contribution in [0.3, 0.4) is 0 Å². The molecule has 0 saturated carbocycles. The third kappa shape index (κ3) is 5.03. The molecule has 1 aliphatic rings. The zero-order valence-corrected chi connectivity index (χ0v) is 18.0. The first-order valence-corrected chi connectivity index (χ1v) is 11.0. The second-order valence-electron chi connectivity index (χ2n) is 8.18. The lowest BCUT2D eigenvalue weighted by molar-refractivity contribution is -0.384. The van der Waals surface area contributed by atoms with Crippen LogP contribution >= 0.6 is 0 Å². The molecule has 1 amide bonds. The summed E-state index contributed by atoms with van der Waals surface area (Å²) < 4.78 is 0. The molecule has 4 rings (SSSR count). The first-order chi connectivity index (χ1) is 15.5. The van der Waals surface area contributed by atoms with Gasteiger partial charge >= 0.3 is 0 Å². The fraction of sp³-hybridized carbons (Fsp3) is 0.333. The summed E-state index contributed by atoms with van der Waals surface area (Å²) in [7, 11) is 0. The molecular weight excluding hydrogens is 406 g/mol. The van der Waals surface area contributed by atoms with Gasteiger partial charge in [-0.25, -0.2) is 0 Å². The summed E-state index contributed by atoms with van der Waals surface area (Å²) in [5.41, 5.74) is 4.08. The molecule has 1 aliphatic carbocycles. The number of carbonyl (C=O) groups excluding carboxylic acids is 1. The Kier molecular flexibility index (Phi) is 6.61. The van der Waals surface area contributed by atoms with Gasteiger partial charge in [0, 0.05) is 24.2 Å². The number of H-pyrrole nitrogens is 1. The molecule has 3 N–H and O–H groups in total. The van der Waals surface area contributed by atoms with E-state index in [4.69, 9.17) is 0 Å². The van der Waals surface area contributed by atoms with E-state index in [2.05, 4.69) is 20.8 Å². The number of carbonyl (C=O) groups is 1. The molecule has 0 fully saturated rings. The lowest BCUT2D eigenvalue weighted by Crippen LogP contribution is -2.47. The third-order valence-corrected chi connectivity index (χ3v) is 5.87. The number of benzene rings is 2. The highest BCUT2D eigenvalue weighted by molar-refractivity contribution is 5.94. The predicted molar refractivity (Wildman–Crippen MR) is 123 cm³/mol. The van der Waals surface area contributed by atoms with Gasteiger partial charge in [-0.1, -0.05) is 49.7 Å². The van der Waals surface area contributed by atoms with Crippen molar-refractivity contribution < 1.29 is 9.72 Å². The molecule has 0 aliphatic heterocycles. The van der Waals surface area contributed by atoms with Crippen molar-refractivity contribution in [3.8, 4) is 11.3 Å². The van der Waals surface area contributed by atoms with E-state index in [0.29, 0.717) is 18.7 Å². The summed E-state index contributed by atoms with van der Waals surface area (Å²) in [6, 6.07) is 16.4. The summed E-state index contributed by atoms with van der Waals surface area (Å²) >= 11 is 0. The highest BCUT2D eigenvalue weighted by Crippen LogP contribution is 2.26. The first kappa shape index (κ1) is 21.7. The average molecular weight is 434 g/mol. The summed E-state index contributed by atoms with van der Waals surface area (Å²) in [6.45, 7) is 2.05. The summed E-state index contributed by atoms with van der Waals surface area (Å²) in [4.78, 5) is 23.7. The first-order valence-electron chi connectivity index (χ1n) is 11.0. The molecule has 0 bridgehead atoms. The smallest absolute Gasteiger partial charge is 0.269 e. The monoisotopic (exact) mass is 433 g/mol. The Morgan fingerprint density at radius 3 is 2.78 bits per heavy atom. The van der Waals surface area contributed by atoms with Crippen molar-refractivity contribution >= 4 is 17.4 Å². The van der Waals surface area contributed by atoms with Gasteiger partial charge in [0.25, 0.3) is 5.69 Å². The number of rotatable bonds is 8. The Morgan fingerprint density at radius 1 is 1.22 bits per heavy atom. The second kappa shape index (κ2) is 9.74. The van der Waals surface area contributed by atoms with E-state index in [9.17, 15) is 14.9 Å². The number of non-ortho nitro benzene ring substituents is 1. The minimum atomic E-state index is -0.363. The molecule has 8 nitrogen and oxygen atoms in total. The number of aryl methyl sites for hydroxylation is 1. The predicted octanol–water partition coefficient (Wildman–Crippen LogP) is 4.24. The zero-order chi connectivity index (χ0) is 22.5. The molecule has 1 unspecified atom stereocenters. The average Bonchev–Trinajstić information content (AvgIpc) is 3.27. The van der Waals surface area contributed by atoms with Crippen LogP contribution in [0.15, 0.2) is 54.6 Å². The van der Waals surface area contributed by atoms with Crippen molar-refractivity contribution in [1.29, 1.82) is 0 Å². The van der Waals surface area contributed by atoms with Gasteiger partial charge < -0.3 is 10.6 Å². The number of fused-ring (bicyclic) bond motifs is 1. The molecule has 2 aromatic carbocycles. The Hall–Kier alpha value is -3.52. The van der Waals surface area contributed by atoms with Crippen LogP contribution in [0.2, 0.25) is 0 Å². The fourth-order valence-electron chi connectivity index (χ4n) is 4.23. The van der Waals surface area contributed by atoms with Crippen LogP contribution in [0, 0.1) is 10.1 Å². The number of hydrogen-bond acceptors (Lipinski definition) is 5. The van der Waals surface area contributed by atoms with Crippen molar-refractivity contribution in [3.05, 3.63) is 75.8 Å². The maximum absolute atomic E-state index is 13.0. The van der Waals surface area contributed by atoms with Crippen molar-refractivity contribution in [1.82, 2.24) is 15.5 Å². The van der Waals surface area contributed by atoms with Crippen molar-refractivity contribution in [2.75, 3.05) is 5.32 Å². The maximum Gasteiger partial charge on any atom is 0.269 e. The van der Waals surface area contributed by atoms with Gasteiger partial charge in [-0.2, -0.15) is 5.10 Å². The summed E-state index contributed by atoms with van der Waals surface area (Å²) in [5, 5.41) is 24.7. The third-order valence-electron chi connectivity index (χ3n) is 5.87. The number of anilines is 1. The molecule has 1 aromatic heterocycles. The quantitative estimate of drug-likeness (QED) is 0.363. The largest absolute Gasteiger partial charge is 0.308 e. The van der Waals surface area contributed by atoms with E-state index < -0.39 is 0 Å². The lowest BCUT2D eigenvalue weighted by atomic mass is 9.87. The van der Waals surface area contributed by atoms with E-state index in [1.54, 1.807) is 12.1 Å². The fourth-order valence-corrected chi connectivity index (χ4v) is 4.23. The number of hydrogen-bond donors (Lipinski definition) is 3. The standard InChI is InChI=1S/C24H27N5O3/c1-2-6-21(24(30)26-23-15-22(27-28-23)17-7-4-3-5-8-17)25-19-11-9-16-10-12-20(29(31)32)14-18(16)13-19/h3-5,7-8,10,12,14-15,19,21,25H,2,6,9,11,13H2,1H3,(H2,26,27,28,30)/t19?,21-/m0/s1. The molecule has 166 valence electrons. The van der Waals surface area contributed by atoms with Gasteiger partial charge in [0.1, 0.15) is 0 Å². The number of nitrogens with zero attached hydrogens (tertiary/aromatic N) is 2. The Morgan fingerprint density at radius 2 is 2.03 bits per heavy atom. The Balaban J connectivity index is 1.41. The minimum Gasteiger partial charge on any atom is -0.308 e. The van der Waals surface area contributed by atoms with E-state index in [1.165, 1.54) is 0 Å². The van der Waals surface area contributed by atoms with Crippen LogP contribution in [0.1, 0.15) is 37.3 Å². The zero-order valence-electron chi connectivity index (χ0n) is 18.0. The van der Waals surface area contributed by atoms with Crippen LogP contribution in [0.4, 0.5) is 11.5 Å². The summed E-state index contributed by atoms with van der Waals surface area (Å²) in [5.74, 6) is 0.365. The molecule has 0 radical (unpaired) electrons. The van der Waals surface area contributed by atoms with Crippen molar-refractivity contribution in [3.63, 3.8) is 0 Å². The second-order valence-corrected chi connectivity index (χ2v) is 8.18. The molecule has 32 heavy (non-hydrogen) atoms. The highest BCUT2D eigenvalue weighted by Gasteiger charge is 2.26. The SMILES string of the molecule is CCC[C@H](NC1CCc2ccc([N+](=O)[O-])cc2C1)C(=O)Nc1cc(-c2ccccc2)[nH]n1. The molecule has 3 aromatic rings. The molecule has 8 heteroatoms. The number of aromatic nitrogens is 2. The van der Waals surface area contributed by atoms with E-state index >= 15 is 0 Å². The number of nitro groups is 1. The minimum absolute atomic E-state index is 0.0888. The highest BCUT2D eigenvalue weighted by atomic mass is 16.6. The molecule has 0 saturated heterocycles. The Bertz CT molecular complexity index is 1100. The van der Waals surface area contributed by atoms with Gasteiger partial charge in [0.2, 0.25) is 5.91 Å². The van der Waals surface area contributed by atoms with Crippen molar-refractivity contribution in [2.24, 2.45) is 0 Å². The lowest BCUT2D eigenvalue weighted by Gasteiger charge is -2.29. The topological polar surface area (TPSA) is 113 Å². The van der Waals surface area contributed by atoms with Gasteiger partial charge in [-0.3, -0.25) is 20.0 Å². The number of nitrogens with one attached hydrogen (secondary N) is 3. The summed E-state index contributed by atoms with van der Waals surface area (Å²) in [6.07, 6.45) is 3.95. The van der Waals surface area contributed by atoms with Crippen LogP contribution in [-0.2, 0) is 17.6 Å². The maximum atomic E-state index is 13.0. The van der Waals surface area contributed by atoms with E-state index in [1.807, 2.05) is 49.4 Å². The van der Waals surface area contributed by atoms with Crippen LogP contribution in [-0.4, -0.2) is 33.1 Å². The van der Waals surface area contributed by atoms with Crippen LogP contribution < -0.4 is 10.6 Å². The number of nitro benzene ring substituents is 1. The molecule has 0 spiro atoms. The number of aromatic amines is 1. The number of amides is 1. The van der Waals surface area contributed by atoms with Gasteiger partial charge in [-0.15, -0.1) is 0 Å². The van der Waals surface area contributed by atoms with Gasteiger partial charge in [0.15, 0.2) is 5.82 Å². The van der Waals surface area contributed by atoms with Gasteiger partial charge in [-0.05, 0) is 42.4 Å². The van der Waals surface area contributed by atoms with E-state index in [-0.39, 0.29) is 28.6 Å².